The third-order valence-corrected chi connectivity index (χ3v) is 2.96. The van der Waals surface area contributed by atoms with Crippen molar-refractivity contribution in [3.8, 4) is 6.07 Å². The Kier molecular flexibility index (Phi) is 4.55. The molecule has 15 heavy (non-hydrogen) atoms. The highest BCUT2D eigenvalue weighted by Gasteiger charge is 2.19. The molecule has 0 saturated carbocycles. The van der Waals surface area contributed by atoms with Crippen LogP contribution in [0.5, 0.6) is 0 Å². The van der Waals surface area contributed by atoms with Crippen LogP contribution in [-0.2, 0) is 0 Å². The van der Waals surface area contributed by atoms with E-state index in [9.17, 15) is 10.2 Å². The van der Waals surface area contributed by atoms with Gasteiger partial charge in [0.25, 0.3) is 0 Å². The molecule has 1 aromatic carbocycles. The number of nitrogens with zero attached hydrogens (tertiary/aromatic N) is 1. The lowest BCUT2D eigenvalue weighted by Gasteiger charge is -2.17. The van der Waals surface area contributed by atoms with Crippen molar-refractivity contribution < 1.29 is 10.2 Å². The van der Waals surface area contributed by atoms with Gasteiger partial charge < -0.3 is 10.2 Å². The molecule has 2 N–H and O–H groups in total. The van der Waals surface area contributed by atoms with E-state index >= 15 is 0 Å². The first-order valence-electron chi connectivity index (χ1n) is 4.21. The molecule has 2 atom stereocenters. The minimum Gasteiger partial charge on any atom is -0.389 e. The SMILES string of the molecule is N#Cc1ccc(C(O)C(O)CBr)c(Cl)c1. The molecular weight excluding hydrogens is 281 g/mol. The van der Waals surface area contributed by atoms with Crippen molar-refractivity contribution in [2.75, 3.05) is 5.33 Å². The minimum atomic E-state index is -1.05. The van der Waals surface area contributed by atoms with Gasteiger partial charge in [0.1, 0.15) is 6.10 Å². The van der Waals surface area contributed by atoms with E-state index in [1.54, 1.807) is 6.07 Å². The maximum Gasteiger partial charge on any atom is 0.107 e. The van der Waals surface area contributed by atoms with Crippen molar-refractivity contribution in [2.45, 2.75) is 12.2 Å². The zero-order valence-corrected chi connectivity index (χ0v) is 10.0. The van der Waals surface area contributed by atoms with Crippen molar-refractivity contribution >= 4 is 27.5 Å². The van der Waals surface area contributed by atoms with Gasteiger partial charge in [0.05, 0.1) is 17.7 Å². The molecule has 0 aliphatic carbocycles. The maximum absolute atomic E-state index is 9.69. The topological polar surface area (TPSA) is 64.2 Å². The zero-order chi connectivity index (χ0) is 11.4. The van der Waals surface area contributed by atoms with Crippen LogP contribution in [0.4, 0.5) is 0 Å². The molecule has 0 bridgehead atoms. The highest BCUT2D eigenvalue weighted by Crippen LogP contribution is 2.26. The molecule has 3 nitrogen and oxygen atoms in total. The molecule has 0 amide bonds. The predicted octanol–water partition coefficient (Wildman–Crippen LogP) is 2.00. The Morgan fingerprint density at radius 1 is 1.47 bits per heavy atom. The Labute approximate surface area is 101 Å². The molecule has 0 saturated heterocycles. The van der Waals surface area contributed by atoms with Gasteiger partial charge in [-0.1, -0.05) is 33.6 Å². The van der Waals surface area contributed by atoms with Crippen molar-refractivity contribution in [2.24, 2.45) is 0 Å². The highest BCUT2D eigenvalue weighted by molar-refractivity contribution is 9.09. The average Bonchev–Trinajstić information content (AvgIpc) is 2.26. The van der Waals surface area contributed by atoms with Gasteiger partial charge in [-0.2, -0.15) is 5.26 Å². The molecule has 0 aliphatic heterocycles. The first kappa shape index (κ1) is 12.5. The number of alkyl halides is 1. The fourth-order valence-corrected chi connectivity index (χ4v) is 1.77. The summed E-state index contributed by atoms with van der Waals surface area (Å²) in [6.45, 7) is 0. The predicted molar refractivity (Wildman–Crippen MR) is 60.9 cm³/mol. The molecule has 0 radical (unpaired) electrons. The maximum atomic E-state index is 9.69. The van der Waals surface area contributed by atoms with E-state index in [0.29, 0.717) is 11.1 Å². The van der Waals surface area contributed by atoms with Gasteiger partial charge in [0, 0.05) is 15.9 Å². The number of halogens is 2. The van der Waals surface area contributed by atoms with E-state index in [1.807, 2.05) is 6.07 Å². The lowest BCUT2D eigenvalue weighted by Crippen LogP contribution is -2.19. The average molecular weight is 291 g/mol. The minimum absolute atomic E-state index is 0.254. The fraction of sp³-hybridized carbons (Fsp3) is 0.300. The number of hydrogen-bond donors (Lipinski definition) is 2. The largest absolute Gasteiger partial charge is 0.389 e. The van der Waals surface area contributed by atoms with E-state index in [1.165, 1.54) is 12.1 Å². The fourth-order valence-electron chi connectivity index (χ4n) is 1.13. The molecule has 80 valence electrons. The van der Waals surface area contributed by atoms with E-state index in [2.05, 4.69) is 15.9 Å². The van der Waals surface area contributed by atoms with Crippen molar-refractivity contribution in [1.29, 1.82) is 5.26 Å². The second-order valence-corrected chi connectivity index (χ2v) is 4.07. The van der Waals surface area contributed by atoms with Gasteiger partial charge >= 0.3 is 0 Å². The summed E-state index contributed by atoms with van der Waals surface area (Å²) in [5.41, 5.74) is 0.840. The van der Waals surface area contributed by atoms with Crippen LogP contribution in [0.15, 0.2) is 18.2 Å². The van der Waals surface area contributed by atoms with Crippen LogP contribution < -0.4 is 0 Å². The Bertz CT molecular complexity index is 391. The molecule has 0 fully saturated rings. The van der Waals surface area contributed by atoms with Crippen LogP contribution in [0.3, 0.4) is 0 Å². The molecule has 0 heterocycles. The zero-order valence-electron chi connectivity index (χ0n) is 7.69. The number of benzene rings is 1. The van der Waals surface area contributed by atoms with E-state index in [0.717, 1.165) is 0 Å². The second kappa shape index (κ2) is 5.47. The summed E-state index contributed by atoms with van der Waals surface area (Å²) in [5.74, 6) is 0. The lowest BCUT2D eigenvalue weighted by atomic mass is 10.0. The summed E-state index contributed by atoms with van der Waals surface area (Å²) in [5, 5.41) is 28.2. The summed E-state index contributed by atoms with van der Waals surface area (Å²) < 4.78 is 0. The van der Waals surface area contributed by atoms with Crippen LogP contribution in [0.2, 0.25) is 5.02 Å². The van der Waals surface area contributed by atoms with Crippen LogP contribution in [0.25, 0.3) is 0 Å². The number of hydrogen-bond acceptors (Lipinski definition) is 3. The molecule has 5 heteroatoms. The summed E-state index contributed by atoms with van der Waals surface area (Å²) in [6, 6.07) is 6.48. The van der Waals surface area contributed by atoms with Gasteiger partial charge in [-0.25, -0.2) is 0 Å². The number of rotatable bonds is 3. The van der Waals surface area contributed by atoms with Crippen LogP contribution in [0.1, 0.15) is 17.2 Å². The van der Waals surface area contributed by atoms with E-state index < -0.39 is 12.2 Å². The van der Waals surface area contributed by atoms with Gasteiger partial charge in [0.15, 0.2) is 0 Å². The Morgan fingerprint density at radius 3 is 2.60 bits per heavy atom. The van der Waals surface area contributed by atoms with Gasteiger partial charge in [-0.15, -0.1) is 0 Å². The lowest BCUT2D eigenvalue weighted by molar-refractivity contribution is 0.0343. The third-order valence-electron chi connectivity index (χ3n) is 1.97. The highest BCUT2D eigenvalue weighted by atomic mass is 79.9. The standard InChI is InChI=1S/C10H9BrClNO2/c11-4-9(14)10(15)7-2-1-6(5-13)3-8(7)12/h1-3,9-10,14-15H,4H2. The number of aliphatic hydroxyl groups is 2. The smallest absolute Gasteiger partial charge is 0.107 e. The molecule has 0 aromatic heterocycles. The molecule has 1 aromatic rings. The van der Waals surface area contributed by atoms with Crippen LogP contribution in [-0.4, -0.2) is 21.6 Å². The molecule has 1 rings (SSSR count). The quantitative estimate of drug-likeness (QED) is 0.837. The Balaban J connectivity index is 3.01. The van der Waals surface area contributed by atoms with Crippen molar-refractivity contribution in [3.05, 3.63) is 34.3 Å². The summed E-state index contributed by atoms with van der Waals surface area (Å²) in [7, 11) is 0. The first-order chi connectivity index (χ1) is 7.10. The monoisotopic (exact) mass is 289 g/mol. The molecule has 0 aliphatic rings. The van der Waals surface area contributed by atoms with Gasteiger partial charge in [-0.3, -0.25) is 0 Å². The Morgan fingerprint density at radius 2 is 2.13 bits per heavy atom. The van der Waals surface area contributed by atoms with E-state index in [4.69, 9.17) is 16.9 Å². The molecule has 0 spiro atoms. The number of nitriles is 1. The van der Waals surface area contributed by atoms with E-state index in [-0.39, 0.29) is 10.4 Å². The first-order valence-corrected chi connectivity index (χ1v) is 5.71. The van der Waals surface area contributed by atoms with Crippen LogP contribution >= 0.6 is 27.5 Å². The number of aliphatic hydroxyl groups excluding tert-OH is 2. The Hall–Kier alpha value is -0.600. The summed E-state index contributed by atoms with van der Waals surface area (Å²) >= 11 is 8.93. The second-order valence-electron chi connectivity index (χ2n) is 3.01. The summed E-state index contributed by atoms with van der Waals surface area (Å²) in [4.78, 5) is 0. The van der Waals surface area contributed by atoms with Crippen molar-refractivity contribution in [1.82, 2.24) is 0 Å². The van der Waals surface area contributed by atoms with Gasteiger partial charge in [0.2, 0.25) is 0 Å². The van der Waals surface area contributed by atoms with Crippen molar-refractivity contribution in [3.63, 3.8) is 0 Å². The van der Waals surface area contributed by atoms with Gasteiger partial charge in [-0.05, 0) is 12.1 Å². The normalized spacial score (nSPS) is 14.3. The third kappa shape index (κ3) is 2.93. The molecule has 2 unspecified atom stereocenters. The summed E-state index contributed by atoms with van der Waals surface area (Å²) in [6.07, 6.45) is -1.97. The molecular formula is C10H9BrClNO2. The van der Waals surface area contributed by atoms with Crippen LogP contribution in [0, 0.1) is 11.3 Å².